The molecule has 2 aromatic carbocycles. The third-order valence-electron chi connectivity index (χ3n) is 5.57. The predicted molar refractivity (Wildman–Crippen MR) is 101 cm³/mol. The van der Waals surface area contributed by atoms with E-state index in [2.05, 4.69) is 5.32 Å². The lowest BCUT2D eigenvalue weighted by Crippen LogP contribution is -2.48. The maximum absolute atomic E-state index is 14.6. The van der Waals surface area contributed by atoms with E-state index in [0.29, 0.717) is 42.9 Å². The minimum Gasteiger partial charge on any atom is -0.495 e. The van der Waals surface area contributed by atoms with Crippen LogP contribution in [-0.2, 0) is 21.6 Å². The van der Waals surface area contributed by atoms with Crippen LogP contribution in [0.25, 0.3) is 0 Å². The molecule has 2 amide bonds. The van der Waals surface area contributed by atoms with Crippen LogP contribution in [0.4, 0.5) is 14.9 Å². The summed E-state index contributed by atoms with van der Waals surface area (Å²) < 4.78 is 25.3. The monoisotopic (exact) mass is 384 g/mol. The average molecular weight is 384 g/mol. The lowest BCUT2D eigenvalue weighted by atomic mass is 9.73. The van der Waals surface area contributed by atoms with Crippen LogP contribution in [0, 0.1) is 5.82 Å². The molecule has 7 heteroatoms. The Morgan fingerprint density at radius 2 is 1.89 bits per heavy atom. The van der Waals surface area contributed by atoms with E-state index < -0.39 is 17.3 Å². The number of piperidine rings is 1. The number of hydrogen-bond acceptors (Lipinski definition) is 4. The van der Waals surface area contributed by atoms with Gasteiger partial charge in [0.2, 0.25) is 5.91 Å². The Labute approximate surface area is 162 Å². The summed E-state index contributed by atoms with van der Waals surface area (Å²) in [6.07, 6.45) is 0.232. The van der Waals surface area contributed by atoms with Crippen LogP contribution in [0.15, 0.2) is 42.5 Å². The first kappa shape index (κ1) is 18.3. The standard InChI is InChI=1S/C21H21FN2O4/c1-27-16-8-7-15(22)17-18(16)23-19(25)21(17)9-11-24(12-10-21)20(26)28-13-14-5-3-2-4-6-14/h2-8H,9-13H2,1H3,(H,23,25). The zero-order chi connectivity index (χ0) is 19.7. The highest BCUT2D eigenvalue weighted by Gasteiger charge is 2.51. The first-order valence-electron chi connectivity index (χ1n) is 9.19. The van der Waals surface area contributed by atoms with Crippen molar-refractivity contribution < 1.29 is 23.5 Å². The van der Waals surface area contributed by atoms with E-state index in [9.17, 15) is 14.0 Å². The quantitative estimate of drug-likeness (QED) is 0.880. The lowest BCUT2D eigenvalue weighted by Gasteiger charge is -2.37. The van der Waals surface area contributed by atoms with Crippen molar-refractivity contribution in [3.05, 3.63) is 59.4 Å². The highest BCUT2D eigenvalue weighted by atomic mass is 19.1. The van der Waals surface area contributed by atoms with Crippen LogP contribution in [-0.4, -0.2) is 37.1 Å². The molecule has 4 rings (SSSR count). The van der Waals surface area contributed by atoms with Crippen LogP contribution < -0.4 is 10.1 Å². The fourth-order valence-corrected chi connectivity index (χ4v) is 4.03. The van der Waals surface area contributed by atoms with Gasteiger partial charge >= 0.3 is 6.09 Å². The minimum atomic E-state index is -0.982. The molecule has 1 saturated heterocycles. The Bertz CT molecular complexity index is 908. The maximum atomic E-state index is 14.6. The summed E-state index contributed by atoms with van der Waals surface area (Å²) >= 11 is 0. The largest absolute Gasteiger partial charge is 0.495 e. The topological polar surface area (TPSA) is 67.9 Å². The Kier molecular flexibility index (Phi) is 4.66. The molecule has 6 nitrogen and oxygen atoms in total. The van der Waals surface area contributed by atoms with Gasteiger partial charge in [-0.2, -0.15) is 0 Å². The third-order valence-corrected chi connectivity index (χ3v) is 5.57. The molecule has 146 valence electrons. The van der Waals surface area contributed by atoms with Crippen molar-refractivity contribution in [1.82, 2.24) is 4.90 Å². The summed E-state index contributed by atoms with van der Waals surface area (Å²) in [5.74, 6) is -0.246. The van der Waals surface area contributed by atoms with Gasteiger partial charge in [0.15, 0.2) is 0 Å². The van der Waals surface area contributed by atoms with Crippen LogP contribution in [0.1, 0.15) is 24.0 Å². The number of fused-ring (bicyclic) bond motifs is 2. The maximum Gasteiger partial charge on any atom is 0.410 e. The van der Waals surface area contributed by atoms with E-state index in [-0.39, 0.29) is 12.5 Å². The van der Waals surface area contributed by atoms with Gasteiger partial charge in [-0.15, -0.1) is 0 Å². The number of carbonyl (C=O) groups is 2. The van der Waals surface area contributed by atoms with Gasteiger partial charge in [0.1, 0.15) is 18.2 Å². The van der Waals surface area contributed by atoms with Crippen molar-refractivity contribution in [1.29, 1.82) is 0 Å². The van der Waals surface area contributed by atoms with Crippen LogP contribution in [0.2, 0.25) is 0 Å². The molecule has 2 heterocycles. The van der Waals surface area contributed by atoms with Crippen molar-refractivity contribution in [2.24, 2.45) is 0 Å². The zero-order valence-corrected chi connectivity index (χ0v) is 15.5. The molecule has 0 aromatic heterocycles. The van der Waals surface area contributed by atoms with Crippen molar-refractivity contribution in [3.63, 3.8) is 0 Å². The summed E-state index contributed by atoms with van der Waals surface area (Å²) in [4.78, 5) is 26.7. The highest BCUT2D eigenvalue weighted by molar-refractivity contribution is 6.08. The number of halogens is 1. The number of nitrogens with zero attached hydrogens (tertiary/aromatic N) is 1. The van der Waals surface area contributed by atoms with Gasteiger partial charge in [-0.1, -0.05) is 30.3 Å². The number of rotatable bonds is 3. The summed E-state index contributed by atoms with van der Waals surface area (Å²) in [5.41, 5.74) is 0.661. The Balaban J connectivity index is 1.47. The molecule has 0 atom stereocenters. The van der Waals surface area contributed by atoms with E-state index >= 15 is 0 Å². The molecule has 2 aliphatic rings. The summed E-state index contributed by atoms with van der Waals surface area (Å²) in [5, 5.41) is 2.77. The van der Waals surface area contributed by atoms with E-state index in [0.717, 1.165) is 5.56 Å². The smallest absolute Gasteiger partial charge is 0.410 e. The van der Waals surface area contributed by atoms with E-state index in [4.69, 9.17) is 9.47 Å². The van der Waals surface area contributed by atoms with E-state index in [1.807, 2.05) is 30.3 Å². The first-order valence-corrected chi connectivity index (χ1v) is 9.19. The molecule has 1 N–H and O–H groups in total. The molecular formula is C21H21FN2O4. The molecule has 2 aliphatic heterocycles. The molecule has 28 heavy (non-hydrogen) atoms. The van der Waals surface area contributed by atoms with Gasteiger partial charge in [0.05, 0.1) is 18.2 Å². The number of hydrogen-bond donors (Lipinski definition) is 1. The predicted octanol–water partition coefficient (Wildman–Crippen LogP) is 3.46. The molecule has 1 spiro atoms. The van der Waals surface area contributed by atoms with Crippen molar-refractivity contribution in [2.45, 2.75) is 24.9 Å². The zero-order valence-electron chi connectivity index (χ0n) is 15.5. The third kappa shape index (κ3) is 2.96. The fraction of sp³-hybridized carbons (Fsp3) is 0.333. The molecule has 0 bridgehead atoms. The summed E-state index contributed by atoms with van der Waals surface area (Å²) in [6.45, 7) is 0.824. The van der Waals surface area contributed by atoms with Gasteiger partial charge in [-0.3, -0.25) is 4.79 Å². The number of benzene rings is 2. The number of likely N-dealkylation sites (tertiary alicyclic amines) is 1. The first-order chi connectivity index (χ1) is 13.5. The summed E-state index contributed by atoms with van der Waals surface area (Å²) in [6, 6.07) is 12.3. The lowest BCUT2D eigenvalue weighted by molar-refractivity contribution is -0.122. The normalized spacial score (nSPS) is 17.2. The molecule has 2 aromatic rings. The molecule has 0 radical (unpaired) electrons. The highest BCUT2D eigenvalue weighted by Crippen LogP contribution is 2.49. The SMILES string of the molecule is COc1ccc(F)c2c1NC(=O)C21CCN(C(=O)OCc2ccccc2)CC1. The number of ether oxygens (including phenoxy) is 2. The number of methoxy groups -OCH3 is 1. The second-order valence-corrected chi connectivity index (χ2v) is 7.06. The van der Waals surface area contributed by atoms with Crippen LogP contribution in [0.3, 0.4) is 0 Å². The molecule has 0 unspecified atom stereocenters. The van der Waals surface area contributed by atoms with Crippen LogP contribution in [0.5, 0.6) is 5.75 Å². The molecule has 0 aliphatic carbocycles. The number of amides is 2. The van der Waals surface area contributed by atoms with Gasteiger partial charge in [-0.05, 0) is 30.5 Å². The Morgan fingerprint density at radius 1 is 1.18 bits per heavy atom. The van der Waals surface area contributed by atoms with Crippen molar-refractivity contribution in [3.8, 4) is 5.75 Å². The van der Waals surface area contributed by atoms with Gasteiger partial charge < -0.3 is 19.7 Å². The van der Waals surface area contributed by atoms with Crippen LogP contribution >= 0.6 is 0 Å². The second-order valence-electron chi connectivity index (χ2n) is 7.06. The molecular weight excluding hydrogens is 363 g/mol. The number of nitrogens with one attached hydrogen (secondary N) is 1. The average Bonchev–Trinajstić information content (AvgIpc) is 3.00. The number of anilines is 1. The second kappa shape index (κ2) is 7.14. The Morgan fingerprint density at radius 3 is 2.57 bits per heavy atom. The Hall–Kier alpha value is -3.09. The van der Waals surface area contributed by atoms with Crippen molar-refractivity contribution in [2.75, 3.05) is 25.5 Å². The van der Waals surface area contributed by atoms with Gasteiger partial charge in [-0.25, -0.2) is 9.18 Å². The number of carbonyl (C=O) groups excluding carboxylic acids is 2. The molecule has 0 saturated carbocycles. The molecule has 1 fully saturated rings. The van der Waals surface area contributed by atoms with Gasteiger partial charge in [0.25, 0.3) is 0 Å². The minimum absolute atomic E-state index is 0.191. The van der Waals surface area contributed by atoms with E-state index in [1.54, 1.807) is 4.90 Å². The van der Waals surface area contributed by atoms with Crippen molar-refractivity contribution >= 4 is 17.7 Å². The summed E-state index contributed by atoms with van der Waals surface area (Å²) in [7, 11) is 1.48. The fourth-order valence-electron chi connectivity index (χ4n) is 4.03. The van der Waals surface area contributed by atoms with Gasteiger partial charge in [0, 0.05) is 18.7 Å². The van der Waals surface area contributed by atoms with E-state index in [1.165, 1.54) is 19.2 Å².